The second kappa shape index (κ2) is 8.58. The maximum atomic E-state index is 13.2. The zero-order chi connectivity index (χ0) is 24.9. The minimum atomic E-state index is -1.10. The summed E-state index contributed by atoms with van der Waals surface area (Å²) >= 11 is 0.913. The molecule has 4 heterocycles. The number of ketones is 1. The lowest BCUT2D eigenvalue weighted by atomic mass is 9.99. The van der Waals surface area contributed by atoms with Crippen LogP contribution in [-0.4, -0.2) is 48.1 Å². The average molecular weight is 496 g/mol. The van der Waals surface area contributed by atoms with Crippen LogP contribution < -0.4 is 14.4 Å². The van der Waals surface area contributed by atoms with E-state index in [4.69, 9.17) is 18.6 Å². The highest BCUT2D eigenvalue weighted by Gasteiger charge is 2.50. The number of anilines is 1. The first-order chi connectivity index (χ1) is 16.8. The number of thiazole rings is 1. The molecule has 3 aromatic rings. The number of methoxy groups -OCH3 is 1. The van der Waals surface area contributed by atoms with Gasteiger partial charge in [-0.25, -0.2) is 9.78 Å². The number of Topliss-reactive ketones (excluding diaryl/α,β-unsaturated/α-hetero) is 1. The van der Waals surface area contributed by atoms with Crippen LogP contribution >= 0.6 is 11.3 Å². The summed E-state index contributed by atoms with van der Waals surface area (Å²) < 4.78 is 21.7. The first-order valence-electron chi connectivity index (χ1n) is 10.6. The van der Waals surface area contributed by atoms with Crippen LogP contribution in [-0.2, 0) is 14.3 Å². The molecule has 0 saturated carbocycles. The van der Waals surface area contributed by atoms with Crippen molar-refractivity contribution in [2.75, 3.05) is 25.2 Å². The predicted molar refractivity (Wildman–Crippen MR) is 124 cm³/mol. The predicted octanol–water partition coefficient (Wildman–Crippen LogP) is 3.54. The number of benzene rings is 1. The van der Waals surface area contributed by atoms with Gasteiger partial charge in [-0.05, 0) is 44.2 Å². The Bertz CT molecular complexity index is 1400. The molecule has 2 aliphatic rings. The van der Waals surface area contributed by atoms with Gasteiger partial charge >= 0.3 is 11.9 Å². The second-order valence-corrected chi connectivity index (χ2v) is 8.86. The number of aryl methyl sites for hydroxylation is 2. The first-order valence-corrected chi connectivity index (χ1v) is 11.4. The average Bonchev–Trinajstić information content (AvgIpc) is 3.53. The molecule has 0 spiro atoms. The van der Waals surface area contributed by atoms with Crippen molar-refractivity contribution in [1.82, 2.24) is 4.98 Å². The van der Waals surface area contributed by atoms with Crippen LogP contribution in [0.15, 0.2) is 40.3 Å². The van der Waals surface area contributed by atoms with Crippen LogP contribution in [0.3, 0.4) is 0 Å². The number of aliphatic hydroxyl groups is 1. The van der Waals surface area contributed by atoms with Crippen molar-refractivity contribution < 1.29 is 38.1 Å². The van der Waals surface area contributed by atoms with Crippen LogP contribution in [0.5, 0.6) is 11.5 Å². The van der Waals surface area contributed by atoms with Gasteiger partial charge in [0.15, 0.2) is 16.6 Å². The molecule has 1 fully saturated rings. The summed E-state index contributed by atoms with van der Waals surface area (Å²) in [6.07, 6.45) is 0. The molecule has 0 bridgehead atoms. The summed E-state index contributed by atoms with van der Waals surface area (Å²) in [5.41, 5.74) is 0.444. The standard InChI is InChI=1S/C24H20N2O8S/c1-11-4-6-15(34-11)18-17(19(27)13-5-7-14-16(10-13)33-9-8-32-14)20(28)22(29)26(18)24-25-12(2)21(35-24)23(30)31-3/h4-7,10,18,27H,8-9H2,1-3H3/b19-17+. The highest BCUT2D eigenvalue weighted by molar-refractivity contribution is 7.17. The molecule has 0 aliphatic carbocycles. The molecular formula is C24H20N2O8S. The number of esters is 1. The van der Waals surface area contributed by atoms with Gasteiger partial charge in [0.1, 0.15) is 41.4 Å². The number of furan rings is 1. The minimum Gasteiger partial charge on any atom is -0.507 e. The van der Waals surface area contributed by atoms with E-state index in [0.717, 1.165) is 16.2 Å². The van der Waals surface area contributed by atoms with E-state index < -0.39 is 29.5 Å². The third-order valence-corrected chi connectivity index (χ3v) is 6.79. The quantitative estimate of drug-likeness (QED) is 0.250. The Kier molecular flexibility index (Phi) is 5.56. The van der Waals surface area contributed by atoms with E-state index in [1.54, 1.807) is 44.2 Å². The van der Waals surface area contributed by atoms with Crippen molar-refractivity contribution in [3.63, 3.8) is 0 Å². The second-order valence-electron chi connectivity index (χ2n) is 7.88. The fourth-order valence-corrected chi connectivity index (χ4v) is 5.02. The maximum absolute atomic E-state index is 13.2. The normalized spacial score (nSPS) is 18.7. The van der Waals surface area contributed by atoms with E-state index >= 15 is 0 Å². The molecule has 5 rings (SSSR count). The Labute approximate surface area is 203 Å². The lowest BCUT2D eigenvalue weighted by Crippen LogP contribution is -2.29. The first kappa shape index (κ1) is 22.7. The van der Waals surface area contributed by atoms with Crippen molar-refractivity contribution in [1.29, 1.82) is 0 Å². The Morgan fingerprint density at radius 2 is 1.89 bits per heavy atom. The third kappa shape index (κ3) is 3.73. The van der Waals surface area contributed by atoms with Gasteiger partial charge in [-0.1, -0.05) is 11.3 Å². The number of rotatable bonds is 4. The topological polar surface area (TPSA) is 128 Å². The number of fused-ring (bicyclic) bond motifs is 1. The summed E-state index contributed by atoms with van der Waals surface area (Å²) in [5, 5.41) is 11.4. The highest BCUT2D eigenvalue weighted by atomic mass is 32.1. The Hall–Kier alpha value is -4.12. The lowest BCUT2D eigenvalue weighted by Gasteiger charge is -2.21. The Balaban J connectivity index is 1.67. The van der Waals surface area contributed by atoms with Crippen molar-refractivity contribution in [3.05, 3.63) is 63.6 Å². The van der Waals surface area contributed by atoms with Gasteiger partial charge in [0.05, 0.1) is 18.4 Å². The lowest BCUT2D eigenvalue weighted by molar-refractivity contribution is -0.132. The van der Waals surface area contributed by atoms with E-state index in [1.807, 2.05) is 0 Å². The van der Waals surface area contributed by atoms with Gasteiger partial charge in [-0.2, -0.15) is 0 Å². The molecule has 1 atom stereocenters. The van der Waals surface area contributed by atoms with E-state index in [9.17, 15) is 19.5 Å². The van der Waals surface area contributed by atoms with E-state index in [1.165, 1.54) is 7.11 Å². The molecule has 1 N–H and O–H groups in total. The van der Waals surface area contributed by atoms with Crippen molar-refractivity contribution >= 4 is 39.9 Å². The number of carbonyl (C=O) groups excluding carboxylic acids is 3. The maximum Gasteiger partial charge on any atom is 0.350 e. The van der Waals surface area contributed by atoms with Crippen molar-refractivity contribution in [3.8, 4) is 11.5 Å². The molecule has 1 amide bonds. The summed E-state index contributed by atoms with van der Waals surface area (Å²) in [7, 11) is 1.24. The minimum absolute atomic E-state index is 0.102. The fraction of sp³-hybridized carbons (Fsp3) is 0.250. The summed E-state index contributed by atoms with van der Waals surface area (Å²) in [6, 6.07) is 6.95. The van der Waals surface area contributed by atoms with Crippen LogP contribution in [0.2, 0.25) is 0 Å². The number of amides is 1. The zero-order valence-electron chi connectivity index (χ0n) is 19.0. The van der Waals surface area contributed by atoms with E-state index in [0.29, 0.717) is 36.2 Å². The molecule has 1 unspecified atom stereocenters. The number of aliphatic hydroxyl groups excluding tert-OH is 1. The van der Waals surface area contributed by atoms with Crippen LogP contribution in [0.25, 0.3) is 5.76 Å². The van der Waals surface area contributed by atoms with Gasteiger partial charge in [0, 0.05) is 5.56 Å². The van der Waals surface area contributed by atoms with Crippen LogP contribution in [0.4, 0.5) is 5.13 Å². The van der Waals surface area contributed by atoms with Crippen molar-refractivity contribution in [2.45, 2.75) is 19.9 Å². The molecule has 0 radical (unpaired) electrons. The summed E-state index contributed by atoms with van der Waals surface area (Å²) in [5.74, 6) is -1.09. The number of ether oxygens (including phenoxy) is 3. The molecular weight excluding hydrogens is 476 g/mol. The van der Waals surface area contributed by atoms with E-state index in [2.05, 4.69) is 4.98 Å². The molecule has 180 valence electrons. The number of carbonyl (C=O) groups is 3. The van der Waals surface area contributed by atoms with Gasteiger partial charge in [-0.3, -0.25) is 14.5 Å². The molecule has 35 heavy (non-hydrogen) atoms. The SMILES string of the molecule is COC(=O)c1sc(N2C(=O)C(=O)/C(=C(/O)c3ccc4c(c3)OCCO4)C2c2ccc(C)o2)nc1C. The highest BCUT2D eigenvalue weighted by Crippen LogP contribution is 2.45. The largest absolute Gasteiger partial charge is 0.507 e. The van der Waals surface area contributed by atoms with Gasteiger partial charge in [0.25, 0.3) is 5.78 Å². The third-order valence-electron chi connectivity index (χ3n) is 5.65. The molecule has 1 aromatic carbocycles. The number of nitrogens with zero attached hydrogens (tertiary/aromatic N) is 2. The smallest absolute Gasteiger partial charge is 0.350 e. The van der Waals surface area contributed by atoms with Gasteiger partial charge in [-0.15, -0.1) is 0 Å². The molecule has 11 heteroatoms. The number of hydrogen-bond donors (Lipinski definition) is 1. The van der Waals surface area contributed by atoms with Gasteiger partial charge in [0.2, 0.25) is 0 Å². The molecule has 10 nitrogen and oxygen atoms in total. The number of hydrogen-bond acceptors (Lipinski definition) is 10. The molecule has 2 aliphatic heterocycles. The Morgan fingerprint density at radius 3 is 2.57 bits per heavy atom. The van der Waals surface area contributed by atoms with Crippen LogP contribution in [0, 0.1) is 13.8 Å². The Morgan fingerprint density at radius 1 is 1.14 bits per heavy atom. The molecule has 2 aromatic heterocycles. The number of aromatic nitrogens is 1. The zero-order valence-corrected chi connectivity index (χ0v) is 19.8. The van der Waals surface area contributed by atoms with Crippen LogP contribution in [0.1, 0.15) is 38.5 Å². The summed E-state index contributed by atoms with van der Waals surface area (Å²) in [6.45, 7) is 4.07. The monoisotopic (exact) mass is 496 g/mol. The summed E-state index contributed by atoms with van der Waals surface area (Å²) in [4.78, 5) is 44.3. The van der Waals surface area contributed by atoms with Crippen molar-refractivity contribution in [2.24, 2.45) is 0 Å². The molecule has 1 saturated heterocycles. The fourth-order valence-electron chi connectivity index (χ4n) is 4.01. The van der Waals surface area contributed by atoms with E-state index in [-0.39, 0.29) is 26.9 Å². The van der Waals surface area contributed by atoms with Gasteiger partial charge < -0.3 is 23.7 Å².